The number of rotatable bonds is 4. The van der Waals surface area contributed by atoms with Gasteiger partial charge >= 0.3 is 0 Å². The summed E-state index contributed by atoms with van der Waals surface area (Å²) in [5, 5.41) is 0. The summed E-state index contributed by atoms with van der Waals surface area (Å²) < 4.78 is 27.1. The average Bonchev–Trinajstić information content (AvgIpc) is 2.68. The number of hydrogen-bond acceptors (Lipinski definition) is 4. The Morgan fingerprint density at radius 1 is 1.11 bits per heavy atom. The van der Waals surface area contributed by atoms with Crippen molar-refractivity contribution in [3.05, 3.63) is 29.8 Å². The number of likely N-dealkylation sites (tertiary alicyclic amines) is 1. The predicted octanol–water partition coefficient (Wildman–Crippen LogP) is 2.40. The second-order valence-corrected chi connectivity index (χ2v) is 9.98. The molecule has 1 aromatic rings. The molecule has 2 fully saturated rings. The highest BCUT2D eigenvalue weighted by atomic mass is 35.5. The predicted molar refractivity (Wildman–Crippen MR) is 113 cm³/mol. The Bertz CT molecular complexity index is 759. The minimum Gasteiger partial charge on any atom is -0.342 e. The zero-order valence-corrected chi connectivity index (χ0v) is 18.3. The lowest BCUT2D eigenvalue weighted by molar-refractivity contribution is -0.138. The molecular weight excluding hydrogens is 398 g/mol. The molecule has 8 heteroatoms. The second kappa shape index (κ2) is 9.57. The van der Waals surface area contributed by atoms with Crippen LogP contribution >= 0.6 is 12.4 Å². The molecule has 1 aromatic carbocycles. The zero-order valence-electron chi connectivity index (χ0n) is 16.7. The topological polar surface area (TPSA) is 83.7 Å². The zero-order chi connectivity index (χ0) is 19.6. The van der Waals surface area contributed by atoms with Crippen LogP contribution in [0.15, 0.2) is 29.2 Å². The highest BCUT2D eigenvalue weighted by molar-refractivity contribution is 7.89. The van der Waals surface area contributed by atoms with Crippen molar-refractivity contribution in [2.75, 3.05) is 26.2 Å². The van der Waals surface area contributed by atoms with Crippen LogP contribution in [0.2, 0.25) is 0 Å². The standard InChI is InChI=1S/C20H31N3O3S.ClH/c1-15-5-7-19(8-6-15)27(25,26)23-12-9-17(10-13-23)20(24)22-11-3-4-18(14-22)16(2)21;/h5-8,16-18H,3-4,9-14,21H2,1-2H3;1H. The first-order chi connectivity index (χ1) is 12.8. The fourth-order valence-corrected chi connectivity index (χ4v) is 5.57. The number of carbonyl (C=O) groups is 1. The second-order valence-electron chi connectivity index (χ2n) is 8.04. The number of nitrogens with zero attached hydrogens (tertiary/aromatic N) is 2. The van der Waals surface area contributed by atoms with Crippen LogP contribution in [0.3, 0.4) is 0 Å². The molecule has 0 aliphatic carbocycles. The Labute approximate surface area is 174 Å². The number of carbonyl (C=O) groups excluding carboxylic acids is 1. The number of nitrogens with two attached hydrogens (primary N) is 1. The van der Waals surface area contributed by atoms with E-state index in [1.807, 2.05) is 30.9 Å². The van der Waals surface area contributed by atoms with Crippen molar-refractivity contribution < 1.29 is 13.2 Å². The van der Waals surface area contributed by atoms with Gasteiger partial charge < -0.3 is 10.6 Å². The Morgan fingerprint density at radius 2 is 1.71 bits per heavy atom. The molecule has 0 saturated carbocycles. The Kier molecular flexibility index (Phi) is 7.90. The summed E-state index contributed by atoms with van der Waals surface area (Å²) in [6.07, 6.45) is 3.25. The molecule has 2 atom stereocenters. The van der Waals surface area contributed by atoms with Gasteiger partial charge in [-0.3, -0.25) is 4.79 Å². The minimum atomic E-state index is -3.48. The van der Waals surface area contributed by atoms with Crippen molar-refractivity contribution in [3.8, 4) is 0 Å². The van der Waals surface area contributed by atoms with E-state index in [1.54, 1.807) is 12.1 Å². The number of amides is 1. The van der Waals surface area contributed by atoms with Crippen LogP contribution in [-0.4, -0.2) is 55.8 Å². The Balaban J connectivity index is 0.00000280. The fourth-order valence-electron chi connectivity index (χ4n) is 4.10. The minimum absolute atomic E-state index is 0. The molecule has 6 nitrogen and oxygen atoms in total. The molecule has 2 unspecified atom stereocenters. The molecule has 0 aromatic heterocycles. The van der Waals surface area contributed by atoms with Gasteiger partial charge in [0.2, 0.25) is 15.9 Å². The highest BCUT2D eigenvalue weighted by Crippen LogP contribution is 2.27. The van der Waals surface area contributed by atoms with Gasteiger partial charge in [-0.15, -0.1) is 12.4 Å². The van der Waals surface area contributed by atoms with E-state index in [-0.39, 0.29) is 30.3 Å². The van der Waals surface area contributed by atoms with Crippen molar-refractivity contribution in [1.82, 2.24) is 9.21 Å². The van der Waals surface area contributed by atoms with Crippen molar-refractivity contribution in [1.29, 1.82) is 0 Å². The molecule has 0 spiro atoms. The molecule has 2 aliphatic heterocycles. The molecular formula is C20H32ClN3O3S. The Morgan fingerprint density at radius 3 is 2.29 bits per heavy atom. The van der Waals surface area contributed by atoms with Crippen molar-refractivity contribution in [2.45, 2.75) is 50.5 Å². The quantitative estimate of drug-likeness (QED) is 0.796. The maximum Gasteiger partial charge on any atom is 0.243 e. The summed E-state index contributed by atoms with van der Waals surface area (Å²) >= 11 is 0. The molecule has 158 valence electrons. The van der Waals surface area contributed by atoms with E-state index in [1.165, 1.54) is 4.31 Å². The van der Waals surface area contributed by atoms with Crippen molar-refractivity contribution in [2.24, 2.45) is 17.6 Å². The van der Waals surface area contributed by atoms with Gasteiger partial charge in [-0.05, 0) is 57.6 Å². The van der Waals surface area contributed by atoms with Crippen LogP contribution in [0.1, 0.15) is 38.2 Å². The van der Waals surface area contributed by atoms with E-state index >= 15 is 0 Å². The van der Waals surface area contributed by atoms with Gasteiger partial charge in [-0.1, -0.05) is 17.7 Å². The molecule has 2 heterocycles. The summed E-state index contributed by atoms with van der Waals surface area (Å²) in [6.45, 7) is 6.27. The van der Waals surface area contributed by atoms with Crippen LogP contribution in [-0.2, 0) is 14.8 Å². The van der Waals surface area contributed by atoms with E-state index in [0.717, 1.165) is 31.5 Å². The lowest BCUT2D eigenvalue weighted by Gasteiger charge is -2.38. The van der Waals surface area contributed by atoms with Gasteiger partial charge in [0.15, 0.2) is 0 Å². The van der Waals surface area contributed by atoms with Gasteiger partial charge in [0.1, 0.15) is 0 Å². The monoisotopic (exact) mass is 429 g/mol. The van der Waals surface area contributed by atoms with Crippen LogP contribution in [0.25, 0.3) is 0 Å². The summed E-state index contributed by atoms with van der Waals surface area (Å²) in [6, 6.07) is 7.04. The summed E-state index contributed by atoms with van der Waals surface area (Å²) in [5.74, 6) is 0.457. The first kappa shape index (κ1) is 23.1. The molecule has 2 aliphatic rings. The molecule has 0 bridgehead atoms. The summed E-state index contributed by atoms with van der Waals surface area (Å²) in [7, 11) is -3.48. The largest absolute Gasteiger partial charge is 0.342 e. The maximum atomic E-state index is 12.9. The molecule has 28 heavy (non-hydrogen) atoms. The maximum absolute atomic E-state index is 12.9. The SMILES string of the molecule is Cc1ccc(S(=O)(=O)N2CCC(C(=O)N3CCCC(C(C)N)C3)CC2)cc1.Cl. The fraction of sp³-hybridized carbons (Fsp3) is 0.650. The van der Waals surface area contributed by atoms with E-state index < -0.39 is 10.0 Å². The highest BCUT2D eigenvalue weighted by Gasteiger charge is 2.35. The molecule has 1 amide bonds. The van der Waals surface area contributed by atoms with E-state index in [0.29, 0.717) is 36.7 Å². The number of halogens is 1. The lowest BCUT2D eigenvalue weighted by atomic mass is 9.90. The third-order valence-corrected chi connectivity index (χ3v) is 7.89. The molecule has 2 N–H and O–H groups in total. The molecule has 3 rings (SSSR count). The van der Waals surface area contributed by atoms with Crippen LogP contribution in [0.5, 0.6) is 0 Å². The van der Waals surface area contributed by atoms with Crippen molar-refractivity contribution in [3.63, 3.8) is 0 Å². The van der Waals surface area contributed by atoms with E-state index in [4.69, 9.17) is 5.73 Å². The van der Waals surface area contributed by atoms with E-state index in [9.17, 15) is 13.2 Å². The van der Waals surface area contributed by atoms with Crippen LogP contribution in [0.4, 0.5) is 0 Å². The van der Waals surface area contributed by atoms with Gasteiger partial charge in [0.05, 0.1) is 4.90 Å². The number of hydrogen-bond donors (Lipinski definition) is 1. The van der Waals surface area contributed by atoms with Gasteiger partial charge in [-0.25, -0.2) is 8.42 Å². The average molecular weight is 430 g/mol. The molecule has 2 saturated heterocycles. The molecule has 0 radical (unpaired) electrons. The van der Waals surface area contributed by atoms with Crippen LogP contribution < -0.4 is 5.73 Å². The number of benzene rings is 1. The third kappa shape index (κ3) is 5.06. The number of aryl methyl sites for hydroxylation is 1. The van der Waals surface area contributed by atoms with Crippen molar-refractivity contribution >= 4 is 28.3 Å². The first-order valence-electron chi connectivity index (χ1n) is 9.90. The third-order valence-electron chi connectivity index (χ3n) is 5.98. The van der Waals surface area contributed by atoms with Gasteiger partial charge in [0, 0.05) is 38.1 Å². The first-order valence-corrected chi connectivity index (χ1v) is 11.3. The normalized spacial score (nSPS) is 23.1. The number of piperidine rings is 2. The van der Waals surface area contributed by atoms with Gasteiger partial charge in [-0.2, -0.15) is 4.31 Å². The van der Waals surface area contributed by atoms with E-state index in [2.05, 4.69) is 0 Å². The van der Waals surface area contributed by atoms with Gasteiger partial charge in [0.25, 0.3) is 0 Å². The van der Waals surface area contributed by atoms with Crippen LogP contribution in [0, 0.1) is 18.8 Å². The summed E-state index contributed by atoms with van der Waals surface area (Å²) in [5.41, 5.74) is 7.06. The smallest absolute Gasteiger partial charge is 0.243 e. The number of sulfonamides is 1. The lowest BCUT2D eigenvalue weighted by Crippen LogP contribution is -2.49. The Hall–Kier alpha value is -1.15. The summed E-state index contributed by atoms with van der Waals surface area (Å²) in [4.78, 5) is 15.2.